The molecule has 108 heavy (non-hydrogen) atoms. The molecule has 0 heterocycles. The van der Waals surface area contributed by atoms with Crippen LogP contribution in [0.15, 0.2) is 48.5 Å². The Morgan fingerprint density at radius 1 is 0.204 bits per heavy atom. The van der Waals surface area contributed by atoms with Crippen molar-refractivity contribution in [3.63, 3.8) is 0 Å². The van der Waals surface area contributed by atoms with Crippen LogP contribution in [0.5, 0.6) is 0 Å². The normalized spacial score (nSPS) is 15.3. The molecule has 0 unspecified atom stereocenters. The Kier molecular flexibility index (Phi) is 27.2. The number of ether oxygens (including phenoxy) is 4. The van der Waals surface area contributed by atoms with Crippen LogP contribution in [-0.2, 0) is 18.9 Å². The van der Waals surface area contributed by atoms with Crippen molar-refractivity contribution >= 4 is 23.9 Å². The second-order valence-electron chi connectivity index (χ2n) is 20.7. The Bertz CT molecular complexity index is 3240. The van der Waals surface area contributed by atoms with Crippen molar-refractivity contribution in [1.82, 2.24) is 0 Å². The smallest absolute Gasteiger partial charge is 0.460 e. The van der Waals surface area contributed by atoms with Crippen LogP contribution in [0, 0.1) is 0 Å². The third-order valence-corrected chi connectivity index (χ3v) is 13.3. The highest BCUT2D eigenvalue weighted by Gasteiger charge is 2.95. The van der Waals surface area contributed by atoms with E-state index in [1.165, 1.54) is 0 Å². The summed E-state index contributed by atoms with van der Waals surface area (Å²) in [4.78, 5) is 48.3. The Hall–Kier alpha value is -7.32. The van der Waals surface area contributed by atoms with E-state index in [2.05, 4.69) is 18.9 Å². The Morgan fingerprint density at radius 2 is 0.361 bits per heavy atom. The first kappa shape index (κ1) is 98.7. The van der Waals surface area contributed by atoms with Gasteiger partial charge < -0.3 is 18.9 Å². The molecule has 0 saturated heterocycles. The highest BCUT2D eigenvalue weighted by molar-refractivity contribution is 6.03. The SMILES string of the molecule is O=C(OCCC(F)(F)C(F)(F)C(F)(F)C(F)(F)C(F)(F)C(F)(F)F)c1cccc(C(=O)OCCC(F)(F)C(F)(F)C(F)(F)C(F)(F)C(F)(F)C(F)(F)F)c1.O=C(OCCC(F)(F)C(F)(F)C(F)(F)C(F)(F)C(F)(F)C(F)(F)F)c1ccccc1C(=O)OCCC(F)(F)C(F)(F)C(F)(F)C(F)(F)C(F)(F)C(F)(F)F. The fraction of sp³-hybridized carbons (Fsp3) is 0.667. The van der Waals surface area contributed by atoms with Crippen LogP contribution in [-0.4, -0.2) is 193 Å². The summed E-state index contributed by atoms with van der Waals surface area (Å²) in [5.74, 6) is -165. The minimum atomic E-state index is -8.27. The standard InChI is InChI=1S/2C24H12F26O4/c25-13(26,15(29,30)17(33,34)19(37,38)21(41,42)23(45,46)47)4-6-53-11(51)9-2-1-3-10(8-9)12(52)54-7-5-14(27,28)16(31,32)18(35,36)20(39,40)22(43,44)24(48,49)50;25-13(26,15(29,30)17(33,34)19(37,38)21(41,42)23(45,46)47)5-7-53-11(51)9-3-1-2-4-10(9)12(52)54-8-6-14(27,28)16(31,32)18(35,36)20(39,40)22(43,44)24(48,49)50/h1-3,8H,4-7H2;1-4H,5-8H2. The number of hydrogen-bond donors (Lipinski definition) is 0. The predicted molar refractivity (Wildman–Crippen MR) is 236 cm³/mol. The molecule has 0 aliphatic heterocycles. The van der Waals surface area contributed by atoms with Gasteiger partial charge in [-0.15, -0.1) is 0 Å². The summed E-state index contributed by atoms with van der Waals surface area (Å²) in [6.07, 6.45) is -43.1. The van der Waals surface area contributed by atoms with Gasteiger partial charge in [0.25, 0.3) is 0 Å². The second-order valence-corrected chi connectivity index (χ2v) is 20.7. The van der Waals surface area contributed by atoms with E-state index in [-0.39, 0.29) is 6.07 Å². The number of rotatable bonds is 32. The van der Waals surface area contributed by atoms with Crippen molar-refractivity contribution in [2.24, 2.45) is 0 Å². The summed E-state index contributed by atoms with van der Waals surface area (Å²) in [6.45, 7) is -9.38. The van der Waals surface area contributed by atoms with E-state index < -0.39 is 241 Å². The highest BCUT2D eigenvalue weighted by atomic mass is 19.5. The van der Waals surface area contributed by atoms with Crippen molar-refractivity contribution < 1.29 is 266 Å². The topological polar surface area (TPSA) is 105 Å². The first-order valence-corrected chi connectivity index (χ1v) is 25.7. The molecule has 60 heteroatoms. The maximum Gasteiger partial charge on any atom is 0.460 e. The fourth-order valence-corrected chi connectivity index (χ4v) is 6.86. The zero-order valence-corrected chi connectivity index (χ0v) is 49.2. The van der Waals surface area contributed by atoms with Crippen LogP contribution < -0.4 is 0 Å². The number of halogens is 52. The molecule has 0 saturated carbocycles. The number of carbonyl (C=O) groups excluding carboxylic acids is 4. The lowest BCUT2D eigenvalue weighted by Crippen LogP contribution is -2.70. The van der Waals surface area contributed by atoms with Crippen molar-refractivity contribution in [3.8, 4) is 0 Å². The molecule has 0 spiro atoms. The van der Waals surface area contributed by atoms with Crippen LogP contribution in [0.3, 0.4) is 0 Å². The average Bonchev–Trinajstić information content (AvgIpc) is 0.730. The van der Waals surface area contributed by atoms with E-state index in [1.54, 1.807) is 0 Å². The van der Waals surface area contributed by atoms with Crippen LogP contribution in [0.1, 0.15) is 67.1 Å². The molecule has 0 aromatic heterocycles. The molecule has 8 nitrogen and oxygen atoms in total. The zero-order chi connectivity index (χ0) is 86.8. The van der Waals surface area contributed by atoms with E-state index in [9.17, 15) is 247 Å². The van der Waals surface area contributed by atoms with Crippen LogP contribution in [0.4, 0.5) is 228 Å². The number of alkyl halides is 52. The molecule has 2 aromatic rings. The lowest BCUT2D eigenvalue weighted by atomic mass is 9.93. The van der Waals surface area contributed by atoms with E-state index in [4.69, 9.17) is 0 Å². The maximum absolute atomic E-state index is 13.9. The Balaban J connectivity index is 0.00000108. The molecular weight excluding hydrogens is 1690 g/mol. The lowest BCUT2D eigenvalue weighted by Gasteiger charge is -2.39. The maximum atomic E-state index is 13.9. The van der Waals surface area contributed by atoms with Crippen LogP contribution >= 0.6 is 0 Å². The molecule has 0 bridgehead atoms. The van der Waals surface area contributed by atoms with Crippen molar-refractivity contribution in [2.45, 2.75) is 169 Å². The van der Waals surface area contributed by atoms with E-state index in [1.807, 2.05) is 0 Å². The summed E-state index contributed by atoms with van der Waals surface area (Å²) in [5, 5.41) is 0. The Labute approximate surface area is 556 Å². The lowest BCUT2D eigenvalue weighted by molar-refractivity contribution is -0.440. The van der Waals surface area contributed by atoms with E-state index in [0.717, 1.165) is 0 Å². The average molecular weight is 1720 g/mol. The minimum absolute atomic E-state index is 0.117. The number of carbonyl (C=O) groups is 4. The molecule has 0 N–H and O–H groups in total. The molecule has 0 atom stereocenters. The molecule has 0 fully saturated rings. The Morgan fingerprint density at radius 3 is 0.528 bits per heavy atom. The van der Waals surface area contributed by atoms with Gasteiger partial charge in [0, 0.05) is 0 Å². The van der Waals surface area contributed by atoms with E-state index >= 15 is 0 Å². The molecule has 0 aliphatic rings. The van der Waals surface area contributed by atoms with Gasteiger partial charge in [0.2, 0.25) is 0 Å². The first-order chi connectivity index (χ1) is 47.0. The van der Waals surface area contributed by atoms with Gasteiger partial charge in [-0.25, -0.2) is 19.2 Å². The van der Waals surface area contributed by atoms with Gasteiger partial charge >= 0.3 is 167 Å². The van der Waals surface area contributed by atoms with Gasteiger partial charge in [-0.1, -0.05) is 18.2 Å². The summed E-state index contributed by atoms with van der Waals surface area (Å²) in [6, 6.07) is 3.44. The molecule has 0 amide bonds. The van der Waals surface area contributed by atoms with Crippen LogP contribution in [0.25, 0.3) is 0 Å². The second kappa shape index (κ2) is 29.7. The molecule has 0 aliphatic carbocycles. The molecular formula is C48H24F52O8. The first-order valence-electron chi connectivity index (χ1n) is 25.7. The van der Waals surface area contributed by atoms with Crippen LogP contribution in [0.2, 0.25) is 0 Å². The monoisotopic (exact) mass is 1720 g/mol. The predicted octanol–water partition coefficient (Wildman–Crippen LogP) is 20.5. The third kappa shape index (κ3) is 16.7. The largest absolute Gasteiger partial charge is 0.462 e. The summed E-state index contributed by atoms with van der Waals surface area (Å²) in [7, 11) is 0. The summed E-state index contributed by atoms with van der Waals surface area (Å²) < 4.78 is 700. The highest BCUT2D eigenvalue weighted by Crippen LogP contribution is 2.66. The minimum Gasteiger partial charge on any atom is -0.462 e. The summed E-state index contributed by atoms with van der Waals surface area (Å²) >= 11 is 0. The van der Waals surface area contributed by atoms with Crippen molar-refractivity contribution in [2.75, 3.05) is 26.4 Å². The van der Waals surface area contributed by atoms with Gasteiger partial charge in [-0.2, -0.15) is 228 Å². The van der Waals surface area contributed by atoms with Gasteiger partial charge in [-0.3, -0.25) is 0 Å². The van der Waals surface area contributed by atoms with Gasteiger partial charge in [0.05, 0.1) is 74.4 Å². The molecule has 2 rings (SSSR count). The number of benzene rings is 2. The molecule has 2 aromatic carbocycles. The number of hydrogen-bond acceptors (Lipinski definition) is 8. The van der Waals surface area contributed by atoms with Gasteiger partial charge in [0.1, 0.15) is 0 Å². The number of esters is 4. The zero-order valence-electron chi connectivity index (χ0n) is 49.2. The van der Waals surface area contributed by atoms with Gasteiger partial charge in [0.15, 0.2) is 0 Å². The quantitative estimate of drug-likeness (QED) is 0.0405. The van der Waals surface area contributed by atoms with E-state index in [0.29, 0.717) is 42.5 Å². The third-order valence-electron chi connectivity index (χ3n) is 13.3. The van der Waals surface area contributed by atoms with Crippen molar-refractivity contribution in [1.29, 1.82) is 0 Å². The summed E-state index contributed by atoms with van der Waals surface area (Å²) in [5.41, 5.74) is -5.19. The van der Waals surface area contributed by atoms with Gasteiger partial charge in [-0.05, 0) is 30.3 Å². The molecule has 0 radical (unpaired) electrons. The van der Waals surface area contributed by atoms with Crippen molar-refractivity contribution in [3.05, 3.63) is 70.8 Å². The fourth-order valence-electron chi connectivity index (χ4n) is 6.86. The molecule has 628 valence electrons.